The monoisotopic (exact) mass is 796 g/mol. The Kier molecular flexibility index (Phi) is 8.42. The molecule has 4 aliphatic rings. The predicted octanol–water partition coefficient (Wildman–Crippen LogP) is 5.28. The maximum atomic E-state index is 15.3. The first-order chi connectivity index (χ1) is 25.4. The molecule has 12 nitrogen and oxygen atoms in total. The minimum Gasteiger partial charge on any atom is -0.507 e. The van der Waals surface area contributed by atoms with Gasteiger partial charge in [-0.2, -0.15) is 0 Å². The van der Waals surface area contributed by atoms with Gasteiger partial charge in [-0.05, 0) is 30.9 Å². The molecule has 0 bridgehead atoms. The van der Waals surface area contributed by atoms with Crippen molar-refractivity contribution in [2.24, 2.45) is 17.8 Å². The van der Waals surface area contributed by atoms with E-state index in [9.17, 15) is 52.5 Å². The SMILES string of the molecule is COc1cc(O)c(C2C3=CCC4C(=O)N(c5ccc(C(=O)O)c(O)c5)C(=O)C4C3CC3(Cl)C(=O)N(c4c(F)c(F)c(F)c(F)c4F)C(=O)C23Cl)c(OC)c1. The molecule has 2 heterocycles. The summed E-state index contributed by atoms with van der Waals surface area (Å²) in [7, 11) is 2.38. The Bertz CT molecular complexity index is 2280. The van der Waals surface area contributed by atoms with Gasteiger partial charge in [0.05, 0.1) is 31.7 Å². The number of fused-ring (bicyclic) bond motifs is 4. The number of phenols is 2. The van der Waals surface area contributed by atoms with Gasteiger partial charge in [0.25, 0.3) is 11.8 Å². The number of halogens is 7. The second-order valence-electron chi connectivity index (χ2n) is 13.0. The summed E-state index contributed by atoms with van der Waals surface area (Å²) in [6.45, 7) is 0. The summed E-state index contributed by atoms with van der Waals surface area (Å²) in [5, 5.41) is 31.1. The van der Waals surface area contributed by atoms with Crippen molar-refractivity contribution in [1.82, 2.24) is 0 Å². The number of aromatic carboxylic acids is 1. The number of carboxylic acid groups (broad SMARTS) is 1. The fraction of sp³-hybridized carbons (Fsp3) is 0.286. The lowest BCUT2D eigenvalue weighted by molar-refractivity contribution is -0.125. The van der Waals surface area contributed by atoms with Crippen molar-refractivity contribution in [3.63, 3.8) is 0 Å². The highest BCUT2D eigenvalue weighted by Gasteiger charge is 2.77. The quantitative estimate of drug-likeness (QED) is 0.0745. The Hall–Kier alpha value is -5.42. The predicted molar refractivity (Wildman–Crippen MR) is 175 cm³/mol. The van der Waals surface area contributed by atoms with Gasteiger partial charge in [-0.25, -0.2) is 36.5 Å². The summed E-state index contributed by atoms with van der Waals surface area (Å²) in [5.74, 6) is -26.9. The maximum absolute atomic E-state index is 15.3. The van der Waals surface area contributed by atoms with E-state index in [4.69, 9.17) is 32.7 Å². The van der Waals surface area contributed by atoms with E-state index in [0.29, 0.717) is 4.90 Å². The number of carbonyl (C=O) groups is 5. The number of anilines is 2. The molecule has 2 saturated heterocycles. The molecule has 6 atom stereocenters. The summed E-state index contributed by atoms with van der Waals surface area (Å²) in [4.78, 5) is 63.0. The van der Waals surface area contributed by atoms with Crippen molar-refractivity contribution in [2.75, 3.05) is 24.0 Å². The number of phenolic OH excluding ortho intramolecular Hbond substituents is 1. The average Bonchev–Trinajstić information content (AvgIpc) is 3.47. The van der Waals surface area contributed by atoms with E-state index in [1.807, 2.05) is 0 Å². The van der Waals surface area contributed by atoms with Crippen LogP contribution in [0, 0.1) is 46.8 Å². The summed E-state index contributed by atoms with van der Waals surface area (Å²) in [5.41, 5.74) is -3.06. The molecule has 4 amide bonds. The van der Waals surface area contributed by atoms with Gasteiger partial charge in [0.2, 0.25) is 17.6 Å². The third-order valence-electron chi connectivity index (χ3n) is 10.5. The molecule has 19 heteroatoms. The minimum atomic E-state index is -2.94. The van der Waals surface area contributed by atoms with Gasteiger partial charge in [0.1, 0.15) is 34.2 Å². The van der Waals surface area contributed by atoms with Crippen LogP contribution >= 0.6 is 23.2 Å². The average molecular weight is 797 g/mol. The third-order valence-corrected chi connectivity index (χ3v) is 11.9. The third kappa shape index (κ3) is 4.63. The van der Waals surface area contributed by atoms with Gasteiger partial charge in [-0.15, -0.1) is 23.2 Å². The fourth-order valence-corrected chi connectivity index (χ4v) is 9.06. The number of benzene rings is 3. The lowest BCUT2D eigenvalue weighted by atomic mass is 9.56. The second-order valence-corrected chi connectivity index (χ2v) is 14.2. The molecule has 282 valence electrons. The molecule has 2 aliphatic heterocycles. The Morgan fingerprint density at radius 3 is 2.02 bits per heavy atom. The highest BCUT2D eigenvalue weighted by Crippen LogP contribution is 2.68. The number of imide groups is 2. The number of aromatic hydroxyl groups is 2. The lowest BCUT2D eigenvalue weighted by Gasteiger charge is -2.50. The molecule has 3 N–H and O–H groups in total. The Morgan fingerprint density at radius 1 is 0.815 bits per heavy atom. The molecule has 54 heavy (non-hydrogen) atoms. The number of amides is 4. The Morgan fingerprint density at radius 2 is 1.44 bits per heavy atom. The van der Waals surface area contributed by atoms with Crippen LogP contribution in [0.3, 0.4) is 0 Å². The van der Waals surface area contributed by atoms with E-state index >= 15 is 8.78 Å². The molecule has 0 aromatic heterocycles. The van der Waals surface area contributed by atoms with Crippen LogP contribution in [-0.4, -0.2) is 68.9 Å². The number of carboxylic acids is 1. The topological polar surface area (TPSA) is 171 Å². The van der Waals surface area contributed by atoms with Crippen LogP contribution in [0.5, 0.6) is 23.0 Å². The van der Waals surface area contributed by atoms with Crippen molar-refractivity contribution in [3.05, 3.63) is 82.2 Å². The van der Waals surface area contributed by atoms with Crippen LogP contribution in [0.1, 0.15) is 34.7 Å². The number of hydrogen-bond donors (Lipinski definition) is 3. The fourth-order valence-electron chi connectivity index (χ4n) is 8.14. The van der Waals surface area contributed by atoms with Gasteiger partial charge in [-0.3, -0.25) is 19.2 Å². The molecule has 3 aromatic carbocycles. The van der Waals surface area contributed by atoms with Crippen molar-refractivity contribution < 1.29 is 70.7 Å². The number of methoxy groups -OCH3 is 2. The van der Waals surface area contributed by atoms with Crippen molar-refractivity contribution in [1.29, 1.82) is 0 Å². The van der Waals surface area contributed by atoms with Crippen LogP contribution in [0.4, 0.5) is 33.3 Å². The van der Waals surface area contributed by atoms with Gasteiger partial charge in [0.15, 0.2) is 33.0 Å². The van der Waals surface area contributed by atoms with Crippen molar-refractivity contribution in [3.8, 4) is 23.0 Å². The van der Waals surface area contributed by atoms with E-state index in [-0.39, 0.29) is 39.6 Å². The number of hydrogen-bond acceptors (Lipinski definition) is 9. The second kappa shape index (κ2) is 12.3. The van der Waals surface area contributed by atoms with Crippen LogP contribution < -0.4 is 19.3 Å². The first kappa shape index (κ1) is 36.9. The zero-order valence-corrected chi connectivity index (χ0v) is 28.9. The van der Waals surface area contributed by atoms with Crippen LogP contribution in [-0.2, 0) is 19.2 Å². The zero-order valence-electron chi connectivity index (χ0n) is 27.4. The number of ether oxygens (including phenoxy) is 2. The van der Waals surface area contributed by atoms with Gasteiger partial charge in [0, 0.05) is 29.7 Å². The highest BCUT2D eigenvalue weighted by atomic mass is 35.5. The molecule has 0 spiro atoms. The summed E-state index contributed by atoms with van der Waals surface area (Å²) >= 11 is 14.2. The van der Waals surface area contributed by atoms with E-state index < -0.39 is 121 Å². The Labute approximate surface area is 309 Å². The number of allylic oxidation sites excluding steroid dienone is 2. The molecule has 1 saturated carbocycles. The van der Waals surface area contributed by atoms with E-state index in [1.165, 1.54) is 19.3 Å². The molecule has 7 rings (SSSR count). The molecule has 6 unspecified atom stereocenters. The van der Waals surface area contributed by atoms with Crippen molar-refractivity contribution >= 4 is 64.2 Å². The number of alkyl halides is 2. The maximum Gasteiger partial charge on any atom is 0.339 e. The van der Waals surface area contributed by atoms with Gasteiger partial charge in [-0.1, -0.05) is 11.6 Å². The highest BCUT2D eigenvalue weighted by molar-refractivity contribution is 6.58. The number of carbonyl (C=O) groups excluding carboxylic acids is 4. The van der Waals surface area contributed by atoms with Gasteiger partial charge < -0.3 is 24.8 Å². The molecule has 3 aromatic rings. The molecule has 2 aliphatic carbocycles. The summed E-state index contributed by atoms with van der Waals surface area (Å²) in [6.07, 6.45) is 0.338. The lowest BCUT2D eigenvalue weighted by Crippen LogP contribution is -2.60. The Balaban J connectivity index is 1.45. The van der Waals surface area contributed by atoms with E-state index in [0.717, 1.165) is 31.4 Å². The molecule has 3 fully saturated rings. The smallest absolute Gasteiger partial charge is 0.339 e. The minimum absolute atomic E-state index is 0.0140. The normalized spacial score (nSPS) is 27.5. The van der Waals surface area contributed by atoms with Gasteiger partial charge >= 0.3 is 5.97 Å². The zero-order chi connectivity index (χ0) is 39.5. The molecular weight excluding hydrogens is 774 g/mol. The first-order valence-electron chi connectivity index (χ1n) is 15.7. The largest absolute Gasteiger partial charge is 0.507 e. The first-order valence-corrected chi connectivity index (χ1v) is 16.5. The van der Waals surface area contributed by atoms with Crippen LogP contribution in [0.15, 0.2) is 42.0 Å². The number of rotatable bonds is 6. The standard InChI is InChI=1S/C35H23Cl2F5N2O10/c1-53-12-8-18(46)21(19(9-12)54-2)22-13-5-6-15-20(30(48)43(29(15)47)11-3-4-14(31(49)50)17(45)7-11)16(13)10-34(36)32(51)44(33(52)35(22,34)37)28-26(41)24(39)23(38)25(40)27(28)42/h3-5,7-9,15-16,20,22,45-46H,6,10H2,1-2H3,(H,49,50). The number of nitrogens with zero attached hydrogens (tertiary/aromatic N) is 2. The van der Waals surface area contributed by atoms with E-state index in [2.05, 4.69) is 0 Å². The summed E-state index contributed by atoms with van der Waals surface area (Å²) in [6, 6.07) is 5.24. The van der Waals surface area contributed by atoms with E-state index in [1.54, 1.807) is 0 Å². The van der Waals surface area contributed by atoms with Crippen LogP contribution in [0.25, 0.3) is 0 Å². The van der Waals surface area contributed by atoms with Crippen molar-refractivity contribution in [2.45, 2.75) is 28.5 Å². The molecular formula is C35H23Cl2F5N2O10. The van der Waals surface area contributed by atoms with Crippen LogP contribution in [0.2, 0.25) is 0 Å². The molecule has 0 radical (unpaired) electrons. The summed E-state index contributed by atoms with van der Waals surface area (Å²) < 4.78 is 84.4.